The highest BCUT2D eigenvalue weighted by atomic mass is 16.3. The van der Waals surface area contributed by atoms with Gasteiger partial charge < -0.3 is 14.8 Å². The molecule has 2 heterocycles. The van der Waals surface area contributed by atoms with Gasteiger partial charge in [0.15, 0.2) is 11.4 Å². The number of rotatable bonds is 8. The molecule has 0 aliphatic carbocycles. The summed E-state index contributed by atoms with van der Waals surface area (Å²) in [5.74, 6) is 0.198. The van der Waals surface area contributed by atoms with Crippen LogP contribution in [0.4, 0.5) is 5.95 Å². The van der Waals surface area contributed by atoms with Gasteiger partial charge in [-0.15, -0.1) is 5.10 Å². The van der Waals surface area contributed by atoms with Gasteiger partial charge in [0.2, 0.25) is 5.95 Å². The van der Waals surface area contributed by atoms with E-state index in [1.165, 1.54) is 0 Å². The first kappa shape index (κ1) is 23.4. The van der Waals surface area contributed by atoms with Crippen molar-refractivity contribution in [3.63, 3.8) is 0 Å². The van der Waals surface area contributed by atoms with Gasteiger partial charge in [0, 0.05) is 18.7 Å². The number of anilines is 1. The zero-order valence-electron chi connectivity index (χ0n) is 19.7. The molecule has 5 aromatic rings. The number of imidazole rings is 1. The highest BCUT2D eigenvalue weighted by Gasteiger charge is 2.39. The average Bonchev–Trinajstić information content (AvgIpc) is 3.53. The van der Waals surface area contributed by atoms with Crippen LogP contribution in [0.3, 0.4) is 0 Å². The van der Waals surface area contributed by atoms with Gasteiger partial charge >= 0.3 is 0 Å². The number of aliphatic hydroxyl groups excluding tert-OH is 1. The largest absolute Gasteiger partial charge is 0.395 e. The molecule has 5 rings (SSSR count). The summed E-state index contributed by atoms with van der Waals surface area (Å²) in [4.78, 5) is 21.8. The summed E-state index contributed by atoms with van der Waals surface area (Å²) < 4.78 is 3.38. The van der Waals surface area contributed by atoms with Gasteiger partial charge in [0.1, 0.15) is 6.33 Å². The number of hydrogen-bond donors (Lipinski definition) is 3. The van der Waals surface area contributed by atoms with E-state index in [9.17, 15) is 15.0 Å². The minimum atomic E-state index is -1.59. The van der Waals surface area contributed by atoms with Gasteiger partial charge in [0.05, 0.1) is 17.6 Å². The van der Waals surface area contributed by atoms with E-state index in [0.29, 0.717) is 40.1 Å². The third-order valence-electron chi connectivity index (χ3n) is 6.13. The Labute approximate surface area is 207 Å². The van der Waals surface area contributed by atoms with Crippen LogP contribution in [0, 0.1) is 0 Å². The number of nitrogens with one attached hydrogen (secondary N) is 1. The van der Waals surface area contributed by atoms with E-state index in [1.807, 2.05) is 67.6 Å². The second kappa shape index (κ2) is 9.73. The summed E-state index contributed by atoms with van der Waals surface area (Å²) in [6.07, 6.45) is 1.55. The number of nitrogens with zero attached hydrogens (tertiary/aromatic N) is 5. The quantitative estimate of drug-likeness (QED) is 0.313. The first-order valence-electron chi connectivity index (χ1n) is 11.7. The molecule has 3 aromatic carbocycles. The summed E-state index contributed by atoms with van der Waals surface area (Å²) in [5, 5.41) is 29.1. The zero-order chi connectivity index (χ0) is 25.1. The second-order valence-electron chi connectivity index (χ2n) is 8.33. The highest BCUT2D eigenvalue weighted by molar-refractivity contribution is 6.05. The third kappa shape index (κ3) is 4.15. The molecule has 3 N–H and O–H groups in total. The van der Waals surface area contributed by atoms with Crippen molar-refractivity contribution in [2.75, 3.05) is 11.9 Å². The molecule has 0 saturated heterocycles. The van der Waals surface area contributed by atoms with Crippen LogP contribution in [-0.2, 0) is 18.7 Å². The lowest BCUT2D eigenvalue weighted by Gasteiger charge is -2.29. The van der Waals surface area contributed by atoms with Crippen molar-refractivity contribution in [1.29, 1.82) is 0 Å². The summed E-state index contributed by atoms with van der Waals surface area (Å²) >= 11 is 0. The van der Waals surface area contributed by atoms with Crippen molar-refractivity contribution in [2.45, 2.75) is 25.6 Å². The molecule has 0 unspecified atom stereocenters. The molecular weight excluding hydrogens is 456 g/mol. The number of aliphatic hydroxyl groups is 2. The fraction of sp³-hybridized carbons (Fsp3) is 0.185. The number of aromatic nitrogens is 5. The molecule has 0 aliphatic heterocycles. The second-order valence-corrected chi connectivity index (χ2v) is 8.33. The van der Waals surface area contributed by atoms with Crippen LogP contribution < -0.4 is 5.32 Å². The number of amides is 1. The SMILES string of the molecule is CCn1cnc(NC(=O)c2ccc3nc(C(O)(c4ccccc4)c4ccccc4)n(CCO)c3c2)n1. The van der Waals surface area contributed by atoms with E-state index in [-0.39, 0.29) is 25.0 Å². The maximum absolute atomic E-state index is 12.9. The van der Waals surface area contributed by atoms with Crippen molar-refractivity contribution in [1.82, 2.24) is 24.3 Å². The van der Waals surface area contributed by atoms with E-state index >= 15 is 0 Å². The van der Waals surface area contributed by atoms with Gasteiger partial charge in [-0.1, -0.05) is 60.7 Å². The minimum Gasteiger partial charge on any atom is -0.395 e. The van der Waals surface area contributed by atoms with Crippen LogP contribution in [0.2, 0.25) is 0 Å². The Morgan fingerprint density at radius 1 is 1.00 bits per heavy atom. The van der Waals surface area contributed by atoms with Crippen molar-refractivity contribution in [3.05, 3.63) is 108 Å². The van der Waals surface area contributed by atoms with E-state index in [0.717, 1.165) is 0 Å². The Morgan fingerprint density at radius 2 is 1.67 bits per heavy atom. The lowest BCUT2D eigenvalue weighted by Crippen LogP contribution is -2.33. The van der Waals surface area contributed by atoms with Crippen molar-refractivity contribution < 1.29 is 15.0 Å². The van der Waals surface area contributed by atoms with Gasteiger partial charge in [-0.2, -0.15) is 0 Å². The predicted molar refractivity (Wildman–Crippen MR) is 135 cm³/mol. The topological polar surface area (TPSA) is 118 Å². The molecule has 0 fully saturated rings. The number of aryl methyl sites for hydroxylation is 1. The maximum atomic E-state index is 12.9. The Kier molecular flexibility index (Phi) is 6.32. The fourth-order valence-electron chi connectivity index (χ4n) is 4.33. The third-order valence-corrected chi connectivity index (χ3v) is 6.13. The van der Waals surface area contributed by atoms with Gasteiger partial charge in [-0.05, 0) is 36.2 Å². The zero-order valence-corrected chi connectivity index (χ0v) is 19.7. The van der Waals surface area contributed by atoms with Crippen LogP contribution in [0.1, 0.15) is 34.2 Å². The molecule has 0 radical (unpaired) electrons. The van der Waals surface area contributed by atoms with Crippen molar-refractivity contribution in [2.24, 2.45) is 0 Å². The number of fused-ring (bicyclic) bond motifs is 1. The van der Waals surface area contributed by atoms with Crippen molar-refractivity contribution >= 4 is 22.9 Å². The molecule has 1 amide bonds. The van der Waals surface area contributed by atoms with E-state index in [4.69, 9.17) is 4.98 Å². The van der Waals surface area contributed by atoms with E-state index < -0.39 is 5.60 Å². The molecule has 0 atom stereocenters. The Balaban J connectivity index is 1.63. The maximum Gasteiger partial charge on any atom is 0.258 e. The van der Waals surface area contributed by atoms with E-state index in [2.05, 4.69) is 15.4 Å². The number of benzene rings is 3. The smallest absolute Gasteiger partial charge is 0.258 e. The van der Waals surface area contributed by atoms with Gasteiger partial charge in [-0.25, -0.2) is 9.97 Å². The van der Waals surface area contributed by atoms with E-state index in [1.54, 1.807) is 33.8 Å². The van der Waals surface area contributed by atoms with Crippen LogP contribution >= 0.6 is 0 Å². The average molecular weight is 483 g/mol. The normalized spacial score (nSPS) is 11.6. The first-order valence-corrected chi connectivity index (χ1v) is 11.7. The van der Waals surface area contributed by atoms with Crippen LogP contribution in [-0.4, -0.2) is 47.0 Å². The molecular formula is C27H26N6O3. The fourth-order valence-corrected chi connectivity index (χ4v) is 4.33. The molecule has 36 heavy (non-hydrogen) atoms. The monoisotopic (exact) mass is 482 g/mol. The van der Waals surface area contributed by atoms with Crippen LogP contribution in [0.5, 0.6) is 0 Å². The molecule has 182 valence electrons. The van der Waals surface area contributed by atoms with Gasteiger partial charge in [-0.3, -0.25) is 14.8 Å². The number of carbonyl (C=O) groups is 1. The van der Waals surface area contributed by atoms with Crippen molar-refractivity contribution in [3.8, 4) is 0 Å². The molecule has 0 saturated carbocycles. The first-order chi connectivity index (χ1) is 17.5. The molecule has 9 nitrogen and oxygen atoms in total. The molecule has 9 heteroatoms. The Bertz CT molecular complexity index is 1450. The molecule has 0 spiro atoms. The summed E-state index contributed by atoms with van der Waals surface area (Å²) in [6, 6.07) is 23.7. The highest BCUT2D eigenvalue weighted by Crippen LogP contribution is 2.37. The predicted octanol–water partition coefficient (Wildman–Crippen LogP) is 3.18. The number of carbonyl (C=O) groups excluding carboxylic acids is 1. The standard InChI is InChI=1S/C27H26N6O3/c1-2-32-18-28-26(31-32)30-24(35)19-13-14-22-23(17-19)33(15-16-34)25(29-22)27(36,20-9-5-3-6-10-20)21-11-7-4-8-12-21/h3-14,17-18,34,36H,2,15-16H2,1H3,(H,30,31,35). The molecule has 2 aromatic heterocycles. The lowest BCUT2D eigenvalue weighted by molar-refractivity contribution is 0.102. The Morgan fingerprint density at radius 3 is 2.25 bits per heavy atom. The summed E-state index contributed by atoms with van der Waals surface area (Å²) in [5.41, 5.74) is 1.28. The van der Waals surface area contributed by atoms with Crippen LogP contribution in [0.25, 0.3) is 11.0 Å². The summed E-state index contributed by atoms with van der Waals surface area (Å²) in [6.45, 7) is 2.58. The summed E-state index contributed by atoms with van der Waals surface area (Å²) in [7, 11) is 0. The number of hydrogen-bond acceptors (Lipinski definition) is 6. The van der Waals surface area contributed by atoms with Crippen LogP contribution in [0.15, 0.2) is 85.2 Å². The molecule has 0 aliphatic rings. The molecule has 0 bridgehead atoms. The minimum absolute atomic E-state index is 0.174. The van der Waals surface area contributed by atoms with Gasteiger partial charge in [0.25, 0.3) is 5.91 Å². The lowest BCUT2D eigenvalue weighted by atomic mass is 9.85. The Hall–Kier alpha value is -4.34.